The Hall–Kier alpha value is -3.31. The second-order valence-corrected chi connectivity index (χ2v) is 6.12. The highest BCUT2D eigenvalue weighted by Gasteiger charge is 2.08. The molecular formula is C21H17ClN2O3. The summed E-state index contributed by atoms with van der Waals surface area (Å²) in [7, 11) is 0. The Morgan fingerprint density at radius 3 is 2.07 bits per heavy atom. The molecule has 3 aromatic rings. The molecule has 0 aliphatic carbocycles. The molecular weight excluding hydrogens is 364 g/mol. The van der Waals surface area contributed by atoms with Gasteiger partial charge in [0.15, 0.2) is 6.61 Å². The highest BCUT2D eigenvalue weighted by molar-refractivity contribution is 6.30. The van der Waals surface area contributed by atoms with Gasteiger partial charge in [-0.3, -0.25) is 20.4 Å². The number of hydrazine groups is 1. The highest BCUT2D eigenvalue weighted by Crippen LogP contribution is 2.19. The van der Waals surface area contributed by atoms with E-state index < -0.39 is 11.8 Å². The van der Waals surface area contributed by atoms with E-state index in [0.717, 1.165) is 11.1 Å². The Morgan fingerprint density at radius 1 is 0.778 bits per heavy atom. The molecule has 0 aromatic heterocycles. The molecule has 0 saturated heterocycles. The van der Waals surface area contributed by atoms with Gasteiger partial charge in [-0.1, -0.05) is 54.1 Å². The predicted octanol–water partition coefficient (Wildman–Crippen LogP) is 3.85. The molecule has 3 rings (SSSR count). The third-order valence-electron chi connectivity index (χ3n) is 3.75. The van der Waals surface area contributed by atoms with Crippen LogP contribution in [0.5, 0.6) is 5.75 Å². The average Bonchev–Trinajstić information content (AvgIpc) is 2.72. The summed E-state index contributed by atoms with van der Waals surface area (Å²) in [6, 6.07) is 23.6. The van der Waals surface area contributed by atoms with Crippen molar-refractivity contribution in [3.05, 3.63) is 89.4 Å². The lowest BCUT2D eigenvalue weighted by Gasteiger charge is -2.09. The Labute approximate surface area is 161 Å². The Morgan fingerprint density at radius 2 is 1.41 bits per heavy atom. The molecule has 0 aliphatic heterocycles. The van der Waals surface area contributed by atoms with Crippen molar-refractivity contribution < 1.29 is 14.3 Å². The van der Waals surface area contributed by atoms with Crippen LogP contribution >= 0.6 is 11.6 Å². The van der Waals surface area contributed by atoms with Gasteiger partial charge in [0, 0.05) is 10.6 Å². The smallest absolute Gasteiger partial charge is 0.276 e. The summed E-state index contributed by atoms with van der Waals surface area (Å²) in [5.41, 5.74) is 7.20. The van der Waals surface area contributed by atoms with Crippen molar-refractivity contribution in [3.63, 3.8) is 0 Å². The van der Waals surface area contributed by atoms with Crippen molar-refractivity contribution in [2.75, 3.05) is 6.61 Å². The number of rotatable bonds is 5. The first-order valence-corrected chi connectivity index (χ1v) is 8.62. The Balaban J connectivity index is 1.48. The van der Waals surface area contributed by atoms with Gasteiger partial charge in [0.25, 0.3) is 11.8 Å². The number of nitrogens with one attached hydrogen (secondary N) is 2. The van der Waals surface area contributed by atoms with Gasteiger partial charge in [-0.05, 0) is 47.5 Å². The van der Waals surface area contributed by atoms with E-state index >= 15 is 0 Å². The zero-order chi connectivity index (χ0) is 19.1. The molecule has 0 radical (unpaired) electrons. The normalized spacial score (nSPS) is 10.1. The van der Waals surface area contributed by atoms with E-state index in [2.05, 4.69) is 10.9 Å². The van der Waals surface area contributed by atoms with Gasteiger partial charge in [0.2, 0.25) is 0 Å². The predicted molar refractivity (Wildman–Crippen MR) is 104 cm³/mol. The summed E-state index contributed by atoms with van der Waals surface area (Å²) < 4.78 is 5.30. The molecule has 6 heteroatoms. The van der Waals surface area contributed by atoms with Crippen LogP contribution in [-0.4, -0.2) is 18.4 Å². The van der Waals surface area contributed by atoms with Crippen LogP contribution in [0, 0.1) is 0 Å². The number of ether oxygens (including phenoxy) is 1. The van der Waals surface area contributed by atoms with Crippen molar-refractivity contribution in [3.8, 4) is 16.9 Å². The van der Waals surface area contributed by atoms with Gasteiger partial charge in [0.05, 0.1) is 0 Å². The Kier molecular flexibility index (Phi) is 6.07. The zero-order valence-corrected chi connectivity index (χ0v) is 15.1. The fourth-order valence-corrected chi connectivity index (χ4v) is 2.49. The lowest BCUT2D eigenvalue weighted by atomic mass is 10.0. The molecule has 0 bridgehead atoms. The summed E-state index contributed by atoms with van der Waals surface area (Å²) in [6.07, 6.45) is 0. The molecule has 0 fully saturated rings. The molecule has 0 atom stereocenters. The summed E-state index contributed by atoms with van der Waals surface area (Å²) >= 11 is 5.78. The quantitative estimate of drug-likeness (QED) is 0.661. The van der Waals surface area contributed by atoms with E-state index in [-0.39, 0.29) is 6.61 Å². The van der Waals surface area contributed by atoms with Crippen molar-refractivity contribution in [2.24, 2.45) is 0 Å². The standard InChI is InChI=1S/C21H17ClN2O3/c22-18-10-12-19(13-11-18)27-14-20(25)23-24-21(26)17-8-6-16(7-9-17)15-4-2-1-3-5-15/h1-13H,14H2,(H,23,25)(H,24,26). The average molecular weight is 381 g/mol. The van der Waals surface area contributed by atoms with Crippen LogP contribution in [-0.2, 0) is 4.79 Å². The maximum Gasteiger partial charge on any atom is 0.276 e. The number of carbonyl (C=O) groups excluding carboxylic acids is 2. The molecule has 2 N–H and O–H groups in total. The van der Waals surface area contributed by atoms with E-state index in [1.165, 1.54) is 0 Å². The molecule has 0 heterocycles. The summed E-state index contributed by atoms with van der Waals surface area (Å²) in [5, 5.41) is 0.581. The first kappa shape index (κ1) is 18.5. The summed E-state index contributed by atoms with van der Waals surface area (Å²) in [5.74, 6) is -0.369. The molecule has 0 aliphatic rings. The first-order valence-electron chi connectivity index (χ1n) is 8.25. The summed E-state index contributed by atoms with van der Waals surface area (Å²) in [6.45, 7) is -0.227. The zero-order valence-electron chi connectivity index (χ0n) is 14.3. The van der Waals surface area contributed by atoms with Crippen LogP contribution < -0.4 is 15.6 Å². The van der Waals surface area contributed by atoms with Crippen LogP contribution in [0.3, 0.4) is 0 Å². The third kappa shape index (κ3) is 5.33. The van der Waals surface area contributed by atoms with Crippen LogP contribution in [0.1, 0.15) is 10.4 Å². The van der Waals surface area contributed by atoms with Crippen molar-refractivity contribution in [1.29, 1.82) is 0 Å². The minimum Gasteiger partial charge on any atom is -0.484 e. The van der Waals surface area contributed by atoms with Gasteiger partial charge in [-0.15, -0.1) is 0 Å². The van der Waals surface area contributed by atoms with Gasteiger partial charge in [-0.25, -0.2) is 0 Å². The maximum absolute atomic E-state index is 12.1. The van der Waals surface area contributed by atoms with E-state index in [1.807, 2.05) is 42.5 Å². The number of hydrogen-bond acceptors (Lipinski definition) is 3. The molecule has 136 valence electrons. The van der Waals surface area contributed by atoms with Crippen LogP contribution in [0.4, 0.5) is 0 Å². The molecule has 3 aromatic carbocycles. The molecule has 27 heavy (non-hydrogen) atoms. The van der Waals surface area contributed by atoms with E-state index in [0.29, 0.717) is 16.3 Å². The number of amides is 2. The number of halogens is 1. The largest absolute Gasteiger partial charge is 0.484 e. The highest BCUT2D eigenvalue weighted by atomic mass is 35.5. The lowest BCUT2D eigenvalue weighted by Crippen LogP contribution is -2.43. The molecule has 5 nitrogen and oxygen atoms in total. The fraction of sp³-hybridized carbons (Fsp3) is 0.0476. The monoisotopic (exact) mass is 380 g/mol. The topological polar surface area (TPSA) is 67.4 Å². The number of hydrogen-bond donors (Lipinski definition) is 2. The number of benzene rings is 3. The van der Waals surface area contributed by atoms with Gasteiger partial charge < -0.3 is 4.74 Å². The lowest BCUT2D eigenvalue weighted by molar-refractivity contribution is -0.123. The van der Waals surface area contributed by atoms with Crippen LogP contribution in [0.15, 0.2) is 78.9 Å². The van der Waals surface area contributed by atoms with Crippen LogP contribution in [0.2, 0.25) is 5.02 Å². The second kappa shape index (κ2) is 8.87. The van der Waals surface area contributed by atoms with Crippen molar-refractivity contribution >= 4 is 23.4 Å². The molecule has 0 unspecified atom stereocenters. The minimum atomic E-state index is -0.473. The van der Waals surface area contributed by atoms with E-state index in [4.69, 9.17) is 16.3 Å². The summed E-state index contributed by atoms with van der Waals surface area (Å²) in [4.78, 5) is 23.9. The van der Waals surface area contributed by atoms with Gasteiger partial charge >= 0.3 is 0 Å². The van der Waals surface area contributed by atoms with Crippen molar-refractivity contribution in [1.82, 2.24) is 10.9 Å². The molecule has 2 amide bonds. The SMILES string of the molecule is O=C(COc1ccc(Cl)cc1)NNC(=O)c1ccc(-c2ccccc2)cc1. The maximum atomic E-state index is 12.1. The fourth-order valence-electron chi connectivity index (χ4n) is 2.36. The second-order valence-electron chi connectivity index (χ2n) is 5.69. The van der Waals surface area contributed by atoms with Gasteiger partial charge in [0.1, 0.15) is 5.75 Å². The van der Waals surface area contributed by atoms with E-state index in [9.17, 15) is 9.59 Å². The Bertz CT molecular complexity index is 910. The van der Waals surface area contributed by atoms with E-state index in [1.54, 1.807) is 36.4 Å². The minimum absolute atomic E-state index is 0.227. The molecule has 0 spiro atoms. The first-order chi connectivity index (χ1) is 13.1. The van der Waals surface area contributed by atoms with Crippen molar-refractivity contribution in [2.45, 2.75) is 0 Å². The van der Waals surface area contributed by atoms with Crippen LogP contribution in [0.25, 0.3) is 11.1 Å². The molecule has 0 saturated carbocycles. The number of carbonyl (C=O) groups is 2. The third-order valence-corrected chi connectivity index (χ3v) is 4.01. The van der Waals surface area contributed by atoms with Gasteiger partial charge in [-0.2, -0.15) is 0 Å².